The van der Waals surface area contributed by atoms with Crippen molar-refractivity contribution in [3.8, 4) is 11.3 Å². The van der Waals surface area contributed by atoms with Crippen molar-refractivity contribution in [3.63, 3.8) is 0 Å². The van der Waals surface area contributed by atoms with Gasteiger partial charge in [-0.25, -0.2) is 4.57 Å². The van der Waals surface area contributed by atoms with Crippen molar-refractivity contribution in [3.05, 3.63) is 46.1 Å². The molecule has 2 aromatic heterocycles. The lowest BCUT2D eigenvalue weighted by molar-refractivity contribution is -0.662. The van der Waals surface area contributed by atoms with Crippen molar-refractivity contribution in [1.29, 1.82) is 0 Å². The average molecular weight is 338 g/mol. The summed E-state index contributed by atoms with van der Waals surface area (Å²) in [7, 11) is 2.12. The van der Waals surface area contributed by atoms with Crippen molar-refractivity contribution < 1.29 is 4.57 Å². The normalized spacial score (nSPS) is 15.5. The summed E-state index contributed by atoms with van der Waals surface area (Å²) in [5.74, 6) is 0.715. The van der Waals surface area contributed by atoms with Crippen molar-refractivity contribution >= 4 is 21.6 Å². The number of aromatic nitrogens is 2. The molecular formula is C21H25N2S+. The van der Waals surface area contributed by atoms with Crippen LogP contribution in [0.25, 0.3) is 21.5 Å². The topological polar surface area (TPSA) is 16.8 Å². The third-order valence-corrected chi connectivity index (χ3v) is 6.58. The van der Waals surface area contributed by atoms with Gasteiger partial charge in [0.25, 0.3) is 6.33 Å². The zero-order valence-electron chi connectivity index (χ0n) is 15.0. The van der Waals surface area contributed by atoms with E-state index >= 15 is 0 Å². The molecule has 0 bridgehead atoms. The molecule has 3 aromatic rings. The van der Waals surface area contributed by atoms with Gasteiger partial charge < -0.3 is 0 Å². The summed E-state index contributed by atoms with van der Waals surface area (Å²) in [6.07, 6.45) is 7.39. The van der Waals surface area contributed by atoms with Crippen LogP contribution in [-0.4, -0.2) is 4.98 Å². The van der Waals surface area contributed by atoms with Crippen molar-refractivity contribution in [1.82, 2.24) is 4.98 Å². The predicted octanol–water partition coefficient (Wildman–Crippen LogP) is 5.37. The maximum atomic E-state index is 4.82. The van der Waals surface area contributed by atoms with Crippen LogP contribution in [0.15, 0.2) is 23.8 Å². The second kappa shape index (κ2) is 5.96. The minimum Gasteiger partial charge on any atom is -0.231 e. The van der Waals surface area contributed by atoms with E-state index < -0.39 is 0 Å². The Labute approximate surface area is 148 Å². The monoisotopic (exact) mass is 337 g/mol. The van der Waals surface area contributed by atoms with Crippen LogP contribution < -0.4 is 4.57 Å². The van der Waals surface area contributed by atoms with Crippen LogP contribution in [0, 0.1) is 20.8 Å². The van der Waals surface area contributed by atoms with Crippen molar-refractivity contribution in [2.45, 2.75) is 52.4 Å². The second-order valence-electron chi connectivity index (χ2n) is 7.31. The van der Waals surface area contributed by atoms with Gasteiger partial charge in [0.2, 0.25) is 5.52 Å². The van der Waals surface area contributed by atoms with Crippen LogP contribution in [0.1, 0.15) is 53.9 Å². The first-order valence-corrected chi connectivity index (χ1v) is 9.78. The first kappa shape index (κ1) is 15.8. The summed E-state index contributed by atoms with van der Waals surface area (Å²) < 4.78 is 3.54. The molecule has 0 N–H and O–H groups in total. The van der Waals surface area contributed by atoms with Crippen LogP contribution >= 0.6 is 11.3 Å². The maximum Gasteiger partial charge on any atom is 0.287 e. The Bertz CT molecular complexity index is 917. The molecule has 3 heteroatoms. The molecule has 4 rings (SSSR count). The fourth-order valence-electron chi connectivity index (χ4n) is 4.15. The molecule has 1 aliphatic carbocycles. The van der Waals surface area contributed by atoms with E-state index in [2.05, 4.69) is 49.9 Å². The fourth-order valence-corrected chi connectivity index (χ4v) is 5.35. The summed E-state index contributed by atoms with van der Waals surface area (Å²) in [5.41, 5.74) is 9.45. The lowest BCUT2D eigenvalue weighted by Crippen LogP contribution is -2.31. The SMILES string of the molecule is Cc1cc(C)c(C)c(-c2c3scc(C4CCCC4)c3nc[n+]2C)c1. The number of thiophene rings is 1. The highest BCUT2D eigenvalue weighted by Gasteiger charge is 2.27. The van der Waals surface area contributed by atoms with Crippen LogP contribution in [0.2, 0.25) is 0 Å². The number of fused-ring (bicyclic) bond motifs is 1. The molecule has 1 aliphatic rings. The summed E-state index contributed by atoms with van der Waals surface area (Å²) >= 11 is 1.87. The predicted molar refractivity (Wildman–Crippen MR) is 102 cm³/mol. The molecular weight excluding hydrogens is 312 g/mol. The van der Waals surface area contributed by atoms with E-state index in [0.29, 0.717) is 5.92 Å². The van der Waals surface area contributed by atoms with E-state index in [9.17, 15) is 0 Å². The van der Waals surface area contributed by atoms with Gasteiger partial charge in [0.1, 0.15) is 4.70 Å². The number of hydrogen-bond donors (Lipinski definition) is 0. The Balaban J connectivity index is 1.97. The minimum atomic E-state index is 0.715. The van der Waals surface area contributed by atoms with Crippen molar-refractivity contribution in [2.24, 2.45) is 7.05 Å². The van der Waals surface area contributed by atoms with Crippen LogP contribution in [0.4, 0.5) is 0 Å². The van der Waals surface area contributed by atoms with Gasteiger partial charge in [-0.1, -0.05) is 24.5 Å². The highest BCUT2D eigenvalue weighted by molar-refractivity contribution is 7.17. The Morgan fingerprint density at radius 1 is 1.12 bits per heavy atom. The van der Waals surface area contributed by atoms with Gasteiger partial charge >= 0.3 is 0 Å². The number of nitrogens with zero attached hydrogens (tertiary/aromatic N) is 2. The molecule has 124 valence electrons. The third kappa shape index (κ3) is 2.46. The highest BCUT2D eigenvalue weighted by Crippen LogP contribution is 2.41. The molecule has 0 atom stereocenters. The van der Waals surface area contributed by atoms with Crippen LogP contribution in [0.3, 0.4) is 0 Å². The Kier molecular flexibility index (Phi) is 3.92. The fraction of sp³-hybridized carbons (Fsp3) is 0.429. The summed E-state index contributed by atoms with van der Waals surface area (Å²) in [5, 5.41) is 2.37. The largest absolute Gasteiger partial charge is 0.287 e. The minimum absolute atomic E-state index is 0.715. The molecule has 0 unspecified atom stereocenters. The van der Waals surface area contributed by atoms with Crippen LogP contribution in [0.5, 0.6) is 0 Å². The summed E-state index contributed by atoms with van der Waals surface area (Å²) in [6.45, 7) is 6.64. The zero-order chi connectivity index (χ0) is 16.8. The van der Waals surface area contributed by atoms with Gasteiger partial charge in [-0.2, -0.15) is 0 Å². The standard InChI is InChI=1S/C21H25N2S/c1-13-9-14(2)15(3)17(10-13)20-21-19(22-12-23(20)4)18(11-24-21)16-7-5-6-8-16/h9-12,16H,5-8H2,1-4H3/q+1. The molecule has 0 amide bonds. The number of aryl methyl sites for hydroxylation is 3. The molecule has 1 saturated carbocycles. The molecule has 0 spiro atoms. The lowest BCUT2D eigenvalue weighted by Gasteiger charge is -2.11. The molecule has 0 radical (unpaired) electrons. The first-order valence-electron chi connectivity index (χ1n) is 8.90. The molecule has 24 heavy (non-hydrogen) atoms. The number of benzene rings is 1. The molecule has 2 heterocycles. The average Bonchev–Trinajstić information content (AvgIpc) is 3.19. The smallest absolute Gasteiger partial charge is 0.231 e. The van der Waals surface area contributed by atoms with E-state index in [1.807, 2.05) is 17.7 Å². The van der Waals surface area contributed by atoms with E-state index in [-0.39, 0.29) is 0 Å². The lowest BCUT2D eigenvalue weighted by atomic mass is 9.96. The Morgan fingerprint density at radius 3 is 2.62 bits per heavy atom. The summed E-state index contributed by atoms with van der Waals surface area (Å²) in [6, 6.07) is 4.60. The van der Waals surface area contributed by atoms with Gasteiger partial charge in [-0.15, -0.1) is 11.3 Å². The Morgan fingerprint density at radius 2 is 1.88 bits per heavy atom. The van der Waals surface area contributed by atoms with Gasteiger partial charge in [-0.05, 0) is 67.1 Å². The van der Waals surface area contributed by atoms with Crippen molar-refractivity contribution in [2.75, 3.05) is 0 Å². The van der Waals surface area contributed by atoms with Gasteiger partial charge in [0.05, 0.1) is 7.05 Å². The number of hydrogen-bond acceptors (Lipinski definition) is 2. The second-order valence-corrected chi connectivity index (χ2v) is 8.19. The quantitative estimate of drug-likeness (QED) is 0.574. The summed E-state index contributed by atoms with van der Waals surface area (Å²) in [4.78, 5) is 4.82. The molecule has 0 aliphatic heterocycles. The highest BCUT2D eigenvalue weighted by atomic mass is 32.1. The molecule has 0 saturated heterocycles. The molecule has 2 nitrogen and oxygen atoms in total. The van der Waals surface area contributed by atoms with Crippen LogP contribution in [-0.2, 0) is 7.05 Å². The van der Waals surface area contributed by atoms with Gasteiger partial charge in [0, 0.05) is 11.1 Å². The van der Waals surface area contributed by atoms with Gasteiger partial charge in [0.15, 0.2) is 5.69 Å². The van der Waals surface area contributed by atoms with E-state index in [0.717, 1.165) is 0 Å². The van der Waals surface area contributed by atoms with E-state index in [1.54, 1.807) is 0 Å². The van der Waals surface area contributed by atoms with Gasteiger partial charge in [-0.3, -0.25) is 0 Å². The first-order chi connectivity index (χ1) is 11.6. The maximum absolute atomic E-state index is 4.82. The zero-order valence-corrected chi connectivity index (χ0v) is 15.8. The number of rotatable bonds is 2. The van der Waals surface area contributed by atoms with E-state index in [1.165, 1.54) is 69.4 Å². The third-order valence-electron chi connectivity index (χ3n) is 5.58. The van der Waals surface area contributed by atoms with E-state index in [4.69, 9.17) is 4.98 Å². The molecule has 1 fully saturated rings. The molecule has 1 aromatic carbocycles. The Hall–Kier alpha value is -1.74.